The number of rotatable bonds is 4. The van der Waals surface area contributed by atoms with Gasteiger partial charge < -0.3 is 4.90 Å². The van der Waals surface area contributed by atoms with Gasteiger partial charge in [-0.25, -0.2) is 0 Å². The van der Waals surface area contributed by atoms with E-state index >= 15 is 0 Å². The van der Waals surface area contributed by atoms with Gasteiger partial charge >= 0.3 is 0 Å². The van der Waals surface area contributed by atoms with Gasteiger partial charge in [0.1, 0.15) is 0 Å². The number of nitrogens with zero attached hydrogens (tertiary/aromatic N) is 3. The lowest BCUT2D eigenvalue weighted by atomic mass is 9.99. The predicted octanol–water partition coefficient (Wildman–Crippen LogP) is 4.08. The SMILES string of the molecule is CC(C)N1Cc2c(ccc(-c3ccc(CN4CCN(C)C4)cc3)c2Cl)C1=O. The molecule has 2 heterocycles. The minimum absolute atomic E-state index is 0.0828. The number of carbonyl (C=O) groups excluding carboxylic acids is 1. The summed E-state index contributed by atoms with van der Waals surface area (Å²) in [5.74, 6) is 0.0828. The van der Waals surface area contributed by atoms with Crippen molar-refractivity contribution in [1.29, 1.82) is 0 Å². The van der Waals surface area contributed by atoms with Crippen molar-refractivity contribution in [2.45, 2.75) is 33.0 Å². The van der Waals surface area contributed by atoms with E-state index in [0.717, 1.165) is 48.6 Å². The average molecular weight is 384 g/mol. The zero-order valence-corrected chi connectivity index (χ0v) is 17.0. The Morgan fingerprint density at radius 1 is 1.04 bits per heavy atom. The Hall–Kier alpha value is -1.88. The normalized spacial score (nSPS) is 18.0. The van der Waals surface area contributed by atoms with Crippen LogP contribution in [-0.4, -0.2) is 53.5 Å². The third-order valence-electron chi connectivity index (χ3n) is 5.60. The van der Waals surface area contributed by atoms with Crippen molar-refractivity contribution in [2.24, 2.45) is 0 Å². The molecule has 1 amide bonds. The predicted molar refractivity (Wildman–Crippen MR) is 110 cm³/mol. The second-order valence-corrected chi connectivity index (χ2v) is 8.33. The quantitative estimate of drug-likeness (QED) is 0.796. The molecule has 2 aliphatic rings. The number of fused-ring (bicyclic) bond motifs is 1. The lowest BCUT2D eigenvalue weighted by molar-refractivity contribution is 0.0730. The highest BCUT2D eigenvalue weighted by Crippen LogP contribution is 2.37. The number of likely N-dealkylation sites (N-methyl/N-ethyl adjacent to an activating group) is 1. The smallest absolute Gasteiger partial charge is 0.254 e. The largest absolute Gasteiger partial charge is 0.332 e. The fourth-order valence-electron chi connectivity index (χ4n) is 3.99. The third kappa shape index (κ3) is 3.49. The van der Waals surface area contributed by atoms with E-state index in [2.05, 4.69) is 41.1 Å². The van der Waals surface area contributed by atoms with Crippen molar-refractivity contribution >= 4 is 17.5 Å². The summed E-state index contributed by atoms with van der Waals surface area (Å²) in [5.41, 5.74) is 5.11. The summed E-state index contributed by atoms with van der Waals surface area (Å²) >= 11 is 6.72. The fourth-order valence-corrected chi connectivity index (χ4v) is 4.32. The molecule has 142 valence electrons. The van der Waals surface area contributed by atoms with Crippen molar-refractivity contribution in [1.82, 2.24) is 14.7 Å². The van der Waals surface area contributed by atoms with Crippen molar-refractivity contribution < 1.29 is 4.79 Å². The summed E-state index contributed by atoms with van der Waals surface area (Å²) < 4.78 is 0. The Morgan fingerprint density at radius 3 is 2.37 bits per heavy atom. The first-order valence-electron chi connectivity index (χ1n) is 9.56. The number of amides is 1. The van der Waals surface area contributed by atoms with Crippen LogP contribution in [0.15, 0.2) is 36.4 Å². The van der Waals surface area contributed by atoms with E-state index in [9.17, 15) is 4.79 Å². The summed E-state index contributed by atoms with van der Waals surface area (Å²) in [5, 5.41) is 0.706. The minimum Gasteiger partial charge on any atom is -0.332 e. The molecule has 27 heavy (non-hydrogen) atoms. The van der Waals surface area contributed by atoms with E-state index in [1.54, 1.807) is 0 Å². The van der Waals surface area contributed by atoms with E-state index < -0.39 is 0 Å². The molecule has 0 radical (unpaired) electrons. The zero-order valence-electron chi connectivity index (χ0n) is 16.2. The number of benzene rings is 2. The Bertz CT molecular complexity index is 863. The lowest BCUT2D eigenvalue weighted by Gasteiger charge is -2.19. The van der Waals surface area contributed by atoms with Crippen LogP contribution in [0.1, 0.15) is 35.3 Å². The maximum atomic E-state index is 12.5. The highest BCUT2D eigenvalue weighted by molar-refractivity contribution is 6.35. The van der Waals surface area contributed by atoms with Crippen LogP contribution in [0.2, 0.25) is 5.02 Å². The Balaban J connectivity index is 1.56. The first-order valence-corrected chi connectivity index (χ1v) is 9.94. The fraction of sp³-hybridized carbons (Fsp3) is 0.409. The number of hydrogen-bond acceptors (Lipinski definition) is 3. The van der Waals surface area contributed by atoms with Gasteiger partial charge in [0.05, 0.1) is 11.7 Å². The molecule has 2 aromatic rings. The zero-order chi connectivity index (χ0) is 19.1. The summed E-state index contributed by atoms with van der Waals surface area (Å²) in [6.45, 7) is 8.92. The van der Waals surface area contributed by atoms with Crippen molar-refractivity contribution in [3.05, 3.63) is 58.1 Å². The molecule has 1 saturated heterocycles. The van der Waals surface area contributed by atoms with Crippen LogP contribution in [0.25, 0.3) is 11.1 Å². The number of hydrogen-bond donors (Lipinski definition) is 0. The van der Waals surface area contributed by atoms with Crippen LogP contribution in [-0.2, 0) is 13.1 Å². The molecule has 0 unspecified atom stereocenters. The van der Waals surface area contributed by atoms with Crippen LogP contribution in [0.3, 0.4) is 0 Å². The molecule has 0 spiro atoms. The van der Waals surface area contributed by atoms with Gasteiger partial charge in [-0.1, -0.05) is 41.9 Å². The van der Waals surface area contributed by atoms with Gasteiger partial charge in [-0.05, 0) is 38.1 Å². The van der Waals surface area contributed by atoms with Gasteiger partial charge in [-0.2, -0.15) is 0 Å². The molecule has 4 rings (SSSR count). The van der Waals surface area contributed by atoms with Crippen molar-refractivity contribution in [2.75, 3.05) is 26.8 Å². The van der Waals surface area contributed by atoms with E-state index in [4.69, 9.17) is 11.6 Å². The summed E-state index contributed by atoms with van der Waals surface area (Å²) in [6, 6.07) is 12.7. The first kappa shape index (κ1) is 18.5. The van der Waals surface area contributed by atoms with Crippen LogP contribution in [0.4, 0.5) is 0 Å². The van der Waals surface area contributed by atoms with Crippen molar-refractivity contribution in [3.8, 4) is 11.1 Å². The molecular weight excluding hydrogens is 358 g/mol. The molecule has 0 saturated carbocycles. The van der Waals surface area contributed by atoms with Crippen LogP contribution in [0, 0.1) is 0 Å². The van der Waals surface area contributed by atoms with E-state index in [0.29, 0.717) is 11.6 Å². The Labute approximate surface area is 166 Å². The molecule has 0 aromatic heterocycles. The summed E-state index contributed by atoms with van der Waals surface area (Å²) in [4.78, 5) is 19.2. The molecule has 2 aromatic carbocycles. The number of halogens is 1. The van der Waals surface area contributed by atoms with E-state index in [-0.39, 0.29) is 11.9 Å². The molecule has 2 aliphatic heterocycles. The second kappa shape index (κ2) is 7.27. The Morgan fingerprint density at radius 2 is 1.74 bits per heavy atom. The molecule has 0 atom stereocenters. The average Bonchev–Trinajstić information content (AvgIpc) is 3.20. The lowest BCUT2D eigenvalue weighted by Crippen LogP contribution is -2.30. The highest BCUT2D eigenvalue weighted by atomic mass is 35.5. The summed E-state index contributed by atoms with van der Waals surface area (Å²) in [7, 11) is 2.16. The standard InChI is InChI=1S/C22H26ClN3O/c1-15(2)26-13-20-19(22(26)27)9-8-18(21(20)23)17-6-4-16(5-7-17)12-25-11-10-24(3)14-25/h4-9,15H,10-14H2,1-3H3. The summed E-state index contributed by atoms with van der Waals surface area (Å²) in [6.07, 6.45) is 0. The Kier molecular flexibility index (Phi) is 4.97. The van der Waals surface area contributed by atoms with E-state index in [1.165, 1.54) is 5.56 Å². The third-order valence-corrected chi connectivity index (χ3v) is 6.03. The first-order chi connectivity index (χ1) is 12.9. The molecule has 4 nitrogen and oxygen atoms in total. The van der Waals surface area contributed by atoms with Gasteiger partial charge in [0.2, 0.25) is 0 Å². The highest BCUT2D eigenvalue weighted by Gasteiger charge is 2.31. The van der Waals surface area contributed by atoms with Crippen molar-refractivity contribution in [3.63, 3.8) is 0 Å². The molecule has 0 bridgehead atoms. The maximum absolute atomic E-state index is 12.5. The van der Waals surface area contributed by atoms with Crippen LogP contribution < -0.4 is 0 Å². The molecule has 1 fully saturated rings. The van der Waals surface area contributed by atoms with Gasteiger partial charge in [-0.3, -0.25) is 14.6 Å². The van der Waals surface area contributed by atoms with Gasteiger partial charge in [0, 0.05) is 48.9 Å². The van der Waals surface area contributed by atoms with Gasteiger partial charge in [0.15, 0.2) is 0 Å². The molecular formula is C22H26ClN3O. The topological polar surface area (TPSA) is 26.8 Å². The number of carbonyl (C=O) groups is 1. The van der Waals surface area contributed by atoms with Crippen LogP contribution in [0.5, 0.6) is 0 Å². The van der Waals surface area contributed by atoms with Crippen LogP contribution >= 0.6 is 11.6 Å². The molecule has 0 N–H and O–H groups in total. The molecule has 5 heteroatoms. The van der Waals surface area contributed by atoms with E-state index in [1.807, 2.05) is 30.9 Å². The van der Waals surface area contributed by atoms with Gasteiger partial charge in [-0.15, -0.1) is 0 Å². The minimum atomic E-state index is 0.0828. The molecule has 0 aliphatic carbocycles. The monoisotopic (exact) mass is 383 g/mol. The second-order valence-electron chi connectivity index (χ2n) is 7.95. The maximum Gasteiger partial charge on any atom is 0.254 e. The van der Waals surface area contributed by atoms with Gasteiger partial charge in [0.25, 0.3) is 5.91 Å².